The molecule has 0 aliphatic carbocycles. The second-order valence-corrected chi connectivity index (χ2v) is 5.64. The summed E-state index contributed by atoms with van der Waals surface area (Å²) in [6.07, 6.45) is 0. The molecule has 3 rings (SSSR count). The summed E-state index contributed by atoms with van der Waals surface area (Å²) in [5.41, 5.74) is 6.67. The van der Waals surface area contributed by atoms with Crippen molar-refractivity contribution in [2.75, 3.05) is 7.11 Å². The second-order valence-electron chi connectivity index (χ2n) is 4.53. The standard InChI is InChI=1S/C16H14FNOS/c1-19-12-7-4-6-11(15(12)17)16(18)14-9-10-5-2-3-8-13(10)20-14/h2-9,16H,18H2,1H3. The van der Waals surface area contributed by atoms with Gasteiger partial charge in [-0.05, 0) is 23.6 Å². The van der Waals surface area contributed by atoms with Crippen LogP contribution in [-0.4, -0.2) is 7.11 Å². The Morgan fingerprint density at radius 2 is 1.95 bits per heavy atom. The van der Waals surface area contributed by atoms with Gasteiger partial charge in [-0.2, -0.15) is 0 Å². The van der Waals surface area contributed by atoms with E-state index in [1.54, 1.807) is 29.5 Å². The van der Waals surface area contributed by atoms with Crippen LogP contribution in [0.15, 0.2) is 48.5 Å². The average molecular weight is 287 g/mol. The van der Waals surface area contributed by atoms with E-state index in [4.69, 9.17) is 10.5 Å². The number of benzene rings is 2. The Bertz CT molecular complexity index is 720. The van der Waals surface area contributed by atoms with E-state index in [2.05, 4.69) is 0 Å². The molecule has 1 atom stereocenters. The zero-order valence-electron chi connectivity index (χ0n) is 11.0. The topological polar surface area (TPSA) is 35.2 Å². The van der Waals surface area contributed by atoms with Gasteiger partial charge in [0.05, 0.1) is 13.2 Å². The Morgan fingerprint density at radius 3 is 2.70 bits per heavy atom. The summed E-state index contributed by atoms with van der Waals surface area (Å²) < 4.78 is 20.4. The van der Waals surface area contributed by atoms with Crippen molar-refractivity contribution in [2.24, 2.45) is 5.73 Å². The SMILES string of the molecule is COc1cccc(C(N)c2cc3ccccc3s2)c1F. The van der Waals surface area contributed by atoms with Gasteiger partial charge in [0.2, 0.25) is 0 Å². The third-order valence-corrected chi connectivity index (χ3v) is 4.50. The Hall–Kier alpha value is -1.91. The van der Waals surface area contributed by atoms with Gasteiger partial charge >= 0.3 is 0 Å². The van der Waals surface area contributed by atoms with Crippen molar-refractivity contribution in [3.8, 4) is 5.75 Å². The van der Waals surface area contributed by atoms with Crippen molar-refractivity contribution >= 4 is 21.4 Å². The first-order valence-corrected chi connectivity index (χ1v) is 7.09. The lowest BCUT2D eigenvalue weighted by atomic mass is 10.0. The molecule has 1 heterocycles. The average Bonchev–Trinajstić information content (AvgIpc) is 2.90. The van der Waals surface area contributed by atoms with Gasteiger partial charge in [-0.15, -0.1) is 11.3 Å². The number of nitrogens with two attached hydrogens (primary N) is 1. The molecule has 2 aromatic carbocycles. The number of ether oxygens (including phenoxy) is 1. The van der Waals surface area contributed by atoms with Crippen LogP contribution in [0.25, 0.3) is 10.1 Å². The van der Waals surface area contributed by atoms with Crippen molar-refractivity contribution in [1.29, 1.82) is 0 Å². The van der Waals surface area contributed by atoms with Crippen LogP contribution in [0.4, 0.5) is 4.39 Å². The van der Waals surface area contributed by atoms with E-state index in [-0.39, 0.29) is 11.6 Å². The molecule has 20 heavy (non-hydrogen) atoms. The highest BCUT2D eigenvalue weighted by atomic mass is 32.1. The van der Waals surface area contributed by atoms with Gasteiger partial charge in [-0.3, -0.25) is 0 Å². The van der Waals surface area contributed by atoms with Gasteiger partial charge in [0.15, 0.2) is 11.6 Å². The van der Waals surface area contributed by atoms with E-state index in [0.717, 1.165) is 15.0 Å². The smallest absolute Gasteiger partial charge is 0.170 e. The number of methoxy groups -OCH3 is 1. The largest absolute Gasteiger partial charge is 0.494 e. The highest BCUT2D eigenvalue weighted by Gasteiger charge is 2.18. The molecule has 3 aromatic rings. The fourth-order valence-electron chi connectivity index (χ4n) is 2.23. The summed E-state index contributed by atoms with van der Waals surface area (Å²) in [5, 5.41) is 1.13. The molecule has 0 spiro atoms. The predicted octanol–water partition coefficient (Wildman–Crippen LogP) is 4.10. The van der Waals surface area contributed by atoms with Gasteiger partial charge < -0.3 is 10.5 Å². The molecule has 4 heteroatoms. The molecule has 0 fully saturated rings. The zero-order chi connectivity index (χ0) is 14.1. The first-order valence-electron chi connectivity index (χ1n) is 6.27. The summed E-state index contributed by atoms with van der Waals surface area (Å²) >= 11 is 1.59. The van der Waals surface area contributed by atoms with Gasteiger partial charge in [-0.25, -0.2) is 4.39 Å². The quantitative estimate of drug-likeness (QED) is 0.787. The molecule has 1 unspecified atom stereocenters. The lowest BCUT2D eigenvalue weighted by Crippen LogP contribution is -2.12. The zero-order valence-corrected chi connectivity index (χ0v) is 11.8. The lowest BCUT2D eigenvalue weighted by Gasteiger charge is -2.13. The molecule has 2 N–H and O–H groups in total. The maximum atomic E-state index is 14.3. The third kappa shape index (κ3) is 2.17. The van der Waals surface area contributed by atoms with E-state index < -0.39 is 6.04 Å². The molecule has 1 aromatic heterocycles. The van der Waals surface area contributed by atoms with E-state index in [0.29, 0.717) is 5.56 Å². The molecule has 0 saturated carbocycles. The Labute approximate surface area is 120 Å². The van der Waals surface area contributed by atoms with Crippen molar-refractivity contribution in [2.45, 2.75) is 6.04 Å². The second kappa shape index (κ2) is 5.23. The molecule has 0 aliphatic heterocycles. The Balaban J connectivity index is 2.05. The van der Waals surface area contributed by atoms with Crippen LogP contribution in [0.5, 0.6) is 5.75 Å². The monoisotopic (exact) mass is 287 g/mol. The van der Waals surface area contributed by atoms with Crippen molar-refractivity contribution in [3.05, 3.63) is 64.8 Å². The minimum atomic E-state index is -0.484. The number of thiophene rings is 1. The first-order chi connectivity index (χ1) is 9.70. The highest BCUT2D eigenvalue weighted by molar-refractivity contribution is 7.19. The van der Waals surface area contributed by atoms with Crippen LogP contribution in [0.2, 0.25) is 0 Å². The maximum absolute atomic E-state index is 14.3. The number of hydrogen-bond acceptors (Lipinski definition) is 3. The third-order valence-electron chi connectivity index (χ3n) is 3.30. The lowest BCUT2D eigenvalue weighted by molar-refractivity contribution is 0.383. The molecule has 0 saturated heterocycles. The summed E-state index contributed by atoms with van der Waals surface area (Å²) in [5.74, 6) is -0.168. The number of hydrogen-bond donors (Lipinski definition) is 1. The molecule has 0 aliphatic rings. The van der Waals surface area contributed by atoms with Crippen molar-refractivity contribution in [3.63, 3.8) is 0 Å². The van der Waals surface area contributed by atoms with Gasteiger partial charge in [0.25, 0.3) is 0 Å². The van der Waals surface area contributed by atoms with E-state index in [1.165, 1.54) is 7.11 Å². The maximum Gasteiger partial charge on any atom is 0.170 e. The Kier molecular flexibility index (Phi) is 3.42. The summed E-state index contributed by atoms with van der Waals surface area (Å²) in [4.78, 5) is 0.943. The molecule has 102 valence electrons. The van der Waals surface area contributed by atoms with E-state index >= 15 is 0 Å². The van der Waals surface area contributed by atoms with Crippen LogP contribution in [0.3, 0.4) is 0 Å². The van der Waals surface area contributed by atoms with Crippen LogP contribution in [0, 0.1) is 5.82 Å². The van der Waals surface area contributed by atoms with Gasteiger partial charge in [0, 0.05) is 15.1 Å². The fraction of sp³-hybridized carbons (Fsp3) is 0.125. The molecule has 2 nitrogen and oxygen atoms in total. The van der Waals surface area contributed by atoms with Gasteiger partial charge in [0.1, 0.15) is 0 Å². The van der Waals surface area contributed by atoms with Gasteiger partial charge in [-0.1, -0.05) is 30.3 Å². The van der Waals surface area contributed by atoms with Crippen LogP contribution >= 0.6 is 11.3 Å². The van der Waals surface area contributed by atoms with Crippen LogP contribution in [0.1, 0.15) is 16.5 Å². The van der Waals surface area contributed by atoms with E-state index in [9.17, 15) is 4.39 Å². The Morgan fingerprint density at radius 1 is 1.15 bits per heavy atom. The summed E-state index contributed by atoms with van der Waals surface area (Å²) in [7, 11) is 1.45. The minimum Gasteiger partial charge on any atom is -0.494 e. The summed E-state index contributed by atoms with van der Waals surface area (Å²) in [6.45, 7) is 0. The van der Waals surface area contributed by atoms with Crippen molar-refractivity contribution in [1.82, 2.24) is 0 Å². The first kappa shape index (κ1) is 13.1. The number of fused-ring (bicyclic) bond motifs is 1. The molecule has 0 amide bonds. The molecule has 0 bridgehead atoms. The molecular formula is C16H14FNOS. The summed E-state index contributed by atoms with van der Waals surface area (Å²) in [6, 6.07) is 14.6. The molecular weight excluding hydrogens is 273 g/mol. The number of rotatable bonds is 3. The normalized spacial score (nSPS) is 12.6. The van der Waals surface area contributed by atoms with Crippen molar-refractivity contribution < 1.29 is 9.13 Å². The fourth-order valence-corrected chi connectivity index (χ4v) is 3.32. The van der Waals surface area contributed by atoms with Crippen LogP contribution in [-0.2, 0) is 0 Å². The highest BCUT2D eigenvalue weighted by Crippen LogP contribution is 2.34. The predicted molar refractivity (Wildman–Crippen MR) is 80.8 cm³/mol. The minimum absolute atomic E-state index is 0.221. The molecule has 0 radical (unpaired) electrons. The van der Waals surface area contributed by atoms with E-state index in [1.807, 2.05) is 30.3 Å². The van der Waals surface area contributed by atoms with Crippen LogP contribution < -0.4 is 10.5 Å². The number of halogens is 1.